The number of anilines is 2. The Balaban J connectivity index is 2.08. The van der Waals surface area contributed by atoms with Crippen LogP contribution >= 0.6 is 0 Å². The van der Waals surface area contributed by atoms with Gasteiger partial charge in [-0.2, -0.15) is 0 Å². The Hall–Kier alpha value is -2.40. The molecule has 0 aliphatic heterocycles. The number of para-hydroxylation sites is 1. The van der Waals surface area contributed by atoms with Crippen LogP contribution in [0.25, 0.3) is 0 Å². The van der Waals surface area contributed by atoms with Crippen LogP contribution in [0.3, 0.4) is 0 Å². The van der Waals surface area contributed by atoms with E-state index in [9.17, 15) is 4.79 Å². The highest BCUT2D eigenvalue weighted by molar-refractivity contribution is 6.03. The number of methoxy groups -OCH3 is 1. The Morgan fingerprint density at radius 2 is 1.92 bits per heavy atom. The van der Waals surface area contributed by atoms with Gasteiger partial charge in [0, 0.05) is 19.3 Å². The number of ether oxygens (including phenoxy) is 1. The van der Waals surface area contributed by atoms with Crippen molar-refractivity contribution in [3.63, 3.8) is 0 Å². The minimum absolute atomic E-state index is 0.0492. The average molecular weight is 327 g/mol. The van der Waals surface area contributed by atoms with Crippen LogP contribution in [-0.4, -0.2) is 31.2 Å². The third kappa shape index (κ3) is 4.80. The van der Waals surface area contributed by atoms with Crippen molar-refractivity contribution in [3.8, 4) is 0 Å². The number of amides is 1. The van der Waals surface area contributed by atoms with Crippen LogP contribution in [0, 0.1) is 0 Å². The Morgan fingerprint density at radius 3 is 2.54 bits per heavy atom. The molecule has 0 aliphatic carbocycles. The molecule has 2 aromatic rings. The molecule has 5 nitrogen and oxygen atoms in total. The van der Waals surface area contributed by atoms with Crippen LogP contribution < -0.4 is 10.6 Å². The van der Waals surface area contributed by atoms with E-state index in [1.807, 2.05) is 30.3 Å². The van der Waals surface area contributed by atoms with E-state index < -0.39 is 0 Å². The van der Waals surface area contributed by atoms with Crippen molar-refractivity contribution >= 4 is 17.3 Å². The zero-order valence-corrected chi connectivity index (χ0v) is 14.7. The van der Waals surface area contributed by atoms with E-state index in [0.29, 0.717) is 18.8 Å². The molecule has 0 bridgehead atoms. The second-order valence-electron chi connectivity index (χ2n) is 6.60. The predicted molar refractivity (Wildman–Crippen MR) is 97.7 cm³/mol. The van der Waals surface area contributed by atoms with Gasteiger partial charge in [0.1, 0.15) is 5.69 Å². The molecule has 2 rings (SSSR count). The lowest BCUT2D eigenvalue weighted by Crippen LogP contribution is -2.19. The molecular weight excluding hydrogens is 302 g/mol. The number of carbonyl (C=O) groups is 1. The molecule has 0 unspecified atom stereocenters. The monoisotopic (exact) mass is 327 g/mol. The maximum absolute atomic E-state index is 12.5. The van der Waals surface area contributed by atoms with Crippen molar-refractivity contribution in [3.05, 3.63) is 53.9 Å². The van der Waals surface area contributed by atoms with Gasteiger partial charge >= 0.3 is 0 Å². The smallest absolute Gasteiger partial charge is 0.274 e. The SMILES string of the molecule is COCCNc1ccc(C(=O)Nc2ccccc2C(C)(C)C)nc1. The van der Waals surface area contributed by atoms with Crippen molar-refractivity contribution < 1.29 is 9.53 Å². The van der Waals surface area contributed by atoms with E-state index in [-0.39, 0.29) is 11.3 Å². The summed E-state index contributed by atoms with van der Waals surface area (Å²) in [5.41, 5.74) is 3.11. The van der Waals surface area contributed by atoms with Gasteiger partial charge in [-0.05, 0) is 29.2 Å². The van der Waals surface area contributed by atoms with Crippen LogP contribution in [0.1, 0.15) is 36.8 Å². The molecule has 0 atom stereocenters. The maximum atomic E-state index is 12.5. The summed E-state index contributed by atoms with van der Waals surface area (Å²) in [5.74, 6) is -0.213. The summed E-state index contributed by atoms with van der Waals surface area (Å²) in [6, 6.07) is 11.4. The van der Waals surface area contributed by atoms with Gasteiger partial charge in [-0.15, -0.1) is 0 Å². The molecule has 1 amide bonds. The van der Waals surface area contributed by atoms with Crippen LogP contribution in [-0.2, 0) is 10.2 Å². The highest BCUT2D eigenvalue weighted by atomic mass is 16.5. The Morgan fingerprint density at radius 1 is 1.17 bits per heavy atom. The van der Waals surface area contributed by atoms with Gasteiger partial charge in [0.2, 0.25) is 0 Å². The fourth-order valence-electron chi connectivity index (χ4n) is 2.36. The van der Waals surface area contributed by atoms with Crippen LogP contribution in [0.2, 0.25) is 0 Å². The number of pyridine rings is 1. The summed E-state index contributed by atoms with van der Waals surface area (Å²) in [5, 5.41) is 6.13. The van der Waals surface area contributed by atoms with Crippen LogP contribution in [0.4, 0.5) is 11.4 Å². The van der Waals surface area contributed by atoms with E-state index >= 15 is 0 Å². The molecule has 1 aromatic heterocycles. The first kappa shape index (κ1) is 17.9. The lowest BCUT2D eigenvalue weighted by atomic mass is 9.86. The van der Waals surface area contributed by atoms with Crippen LogP contribution in [0.15, 0.2) is 42.6 Å². The largest absolute Gasteiger partial charge is 0.383 e. The van der Waals surface area contributed by atoms with Crippen molar-refractivity contribution in [1.29, 1.82) is 0 Å². The zero-order valence-electron chi connectivity index (χ0n) is 14.7. The number of hydrogen-bond donors (Lipinski definition) is 2. The van der Waals surface area contributed by atoms with Crippen LogP contribution in [0.5, 0.6) is 0 Å². The number of nitrogens with one attached hydrogen (secondary N) is 2. The lowest BCUT2D eigenvalue weighted by Gasteiger charge is -2.22. The van der Waals surface area contributed by atoms with Crippen molar-refractivity contribution in [1.82, 2.24) is 4.98 Å². The summed E-state index contributed by atoms with van der Waals surface area (Å²) in [7, 11) is 1.66. The summed E-state index contributed by atoms with van der Waals surface area (Å²) < 4.78 is 4.98. The summed E-state index contributed by atoms with van der Waals surface area (Å²) in [6.45, 7) is 7.68. The molecule has 0 radical (unpaired) electrons. The molecule has 0 fully saturated rings. The number of nitrogens with zero attached hydrogens (tertiary/aromatic N) is 1. The zero-order chi connectivity index (χ0) is 17.6. The minimum Gasteiger partial charge on any atom is -0.383 e. The second-order valence-corrected chi connectivity index (χ2v) is 6.60. The van der Waals surface area contributed by atoms with Gasteiger partial charge in [0.15, 0.2) is 0 Å². The maximum Gasteiger partial charge on any atom is 0.274 e. The fraction of sp³-hybridized carbons (Fsp3) is 0.368. The Bertz CT molecular complexity index is 676. The molecular formula is C19H25N3O2. The molecule has 1 heterocycles. The molecule has 0 saturated heterocycles. The van der Waals surface area contributed by atoms with Gasteiger partial charge in [-0.25, -0.2) is 4.98 Å². The summed E-state index contributed by atoms with van der Waals surface area (Å²) in [4.78, 5) is 16.7. The second kappa shape index (κ2) is 7.93. The molecule has 128 valence electrons. The number of aromatic nitrogens is 1. The third-order valence-corrected chi connectivity index (χ3v) is 3.61. The Kier molecular flexibility index (Phi) is 5.93. The van der Waals surface area contributed by atoms with E-state index in [0.717, 1.165) is 16.9 Å². The van der Waals surface area contributed by atoms with Crippen molar-refractivity contribution in [2.75, 3.05) is 30.9 Å². The lowest BCUT2D eigenvalue weighted by molar-refractivity contribution is 0.102. The number of hydrogen-bond acceptors (Lipinski definition) is 4. The first-order valence-electron chi connectivity index (χ1n) is 8.01. The molecule has 5 heteroatoms. The highest BCUT2D eigenvalue weighted by Gasteiger charge is 2.19. The first-order valence-corrected chi connectivity index (χ1v) is 8.01. The van der Waals surface area contributed by atoms with Gasteiger partial charge in [0.05, 0.1) is 18.5 Å². The van der Waals surface area contributed by atoms with E-state index in [1.54, 1.807) is 19.4 Å². The Labute approximate surface area is 143 Å². The topological polar surface area (TPSA) is 63.2 Å². The quantitative estimate of drug-likeness (QED) is 0.794. The van der Waals surface area contributed by atoms with Gasteiger partial charge < -0.3 is 15.4 Å². The fourth-order valence-corrected chi connectivity index (χ4v) is 2.36. The molecule has 0 saturated carbocycles. The molecule has 24 heavy (non-hydrogen) atoms. The van der Waals surface area contributed by atoms with Gasteiger partial charge in [0.25, 0.3) is 5.91 Å². The number of carbonyl (C=O) groups excluding carboxylic acids is 1. The minimum atomic E-state index is -0.213. The molecule has 1 aromatic carbocycles. The normalized spacial score (nSPS) is 11.2. The van der Waals surface area contributed by atoms with Gasteiger partial charge in [-0.1, -0.05) is 39.0 Å². The average Bonchev–Trinajstić information content (AvgIpc) is 2.55. The number of benzene rings is 1. The first-order chi connectivity index (χ1) is 11.4. The summed E-state index contributed by atoms with van der Waals surface area (Å²) >= 11 is 0. The standard InChI is InChI=1S/C19H25N3O2/c1-19(2,3)15-7-5-6-8-16(15)22-18(23)17-10-9-14(13-21-17)20-11-12-24-4/h5-10,13,20H,11-12H2,1-4H3,(H,22,23). The van der Waals surface area contributed by atoms with Gasteiger partial charge in [-0.3, -0.25) is 4.79 Å². The molecule has 0 spiro atoms. The molecule has 0 aliphatic rings. The third-order valence-electron chi connectivity index (χ3n) is 3.61. The van der Waals surface area contributed by atoms with E-state index in [4.69, 9.17) is 4.74 Å². The number of rotatable bonds is 6. The highest BCUT2D eigenvalue weighted by Crippen LogP contribution is 2.29. The van der Waals surface area contributed by atoms with E-state index in [2.05, 4.69) is 36.4 Å². The predicted octanol–water partition coefficient (Wildman–Crippen LogP) is 3.69. The van der Waals surface area contributed by atoms with Crippen molar-refractivity contribution in [2.45, 2.75) is 26.2 Å². The van der Waals surface area contributed by atoms with E-state index in [1.165, 1.54) is 0 Å². The summed E-state index contributed by atoms with van der Waals surface area (Å²) in [6.07, 6.45) is 1.65. The molecule has 2 N–H and O–H groups in total. The van der Waals surface area contributed by atoms with Crippen molar-refractivity contribution in [2.24, 2.45) is 0 Å².